The Hall–Kier alpha value is -1.06. The molecule has 1 aliphatic rings. The number of carboxylic acids is 1. The molecule has 1 aliphatic carbocycles. The fourth-order valence-electron chi connectivity index (χ4n) is 1.88. The van der Waals surface area contributed by atoms with E-state index in [1.807, 2.05) is 20.8 Å². The van der Waals surface area contributed by atoms with Crippen LogP contribution in [0.5, 0.6) is 0 Å². The van der Waals surface area contributed by atoms with Gasteiger partial charge in [0.15, 0.2) is 0 Å². The monoisotopic (exact) mass is 227 g/mol. The molecule has 0 saturated heterocycles. The lowest BCUT2D eigenvalue weighted by atomic mass is 9.67. The molecule has 0 radical (unpaired) electrons. The quantitative estimate of drug-likeness (QED) is 0.746. The van der Waals surface area contributed by atoms with E-state index in [2.05, 4.69) is 0 Å². The Bertz CT molecular complexity index is 305. The van der Waals surface area contributed by atoms with Gasteiger partial charge in [-0.05, 0) is 33.1 Å². The molecule has 1 amide bonds. The highest BCUT2D eigenvalue weighted by molar-refractivity contribution is 6.03. The van der Waals surface area contributed by atoms with Crippen molar-refractivity contribution < 1.29 is 14.7 Å². The molecule has 0 aromatic carbocycles. The molecular weight excluding hydrogens is 206 g/mol. The Balaban J connectivity index is 2.89. The van der Waals surface area contributed by atoms with Gasteiger partial charge in [-0.25, -0.2) is 0 Å². The highest BCUT2D eigenvalue weighted by atomic mass is 16.4. The first-order valence-corrected chi connectivity index (χ1v) is 5.79. The predicted molar refractivity (Wildman–Crippen MR) is 61.1 cm³/mol. The first-order chi connectivity index (χ1) is 7.28. The number of carbonyl (C=O) groups excluding carboxylic acids is 1. The summed E-state index contributed by atoms with van der Waals surface area (Å²) in [5.41, 5.74) is -1.42. The number of hydrogen-bond donors (Lipinski definition) is 1. The Morgan fingerprint density at radius 1 is 1.38 bits per heavy atom. The van der Waals surface area contributed by atoms with Crippen LogP contribution < -0.4 is 0 Å². The second kappa shape index (κ2) is 4.07. The second-order valence-corrected chi connectivity index (χ2v) is 5.27. The van der Waals surface area contributed by atoms with E-state index in [4.69, 9.17) is 0 Å². The summed E-state index contributed by atoms with van der Waals surface area (Å²) in [6.45, 7) is 5.91. The van der Waals surface area contributed by atoms with Crippen molar-refractivity contribution in [2.24, 2.45) is 5.41 Å². The number of aliphatic carboxylic acids is 1. The standard InChI is InChI=1S/C12H21NO3/c1-5-11(2,3)13(4)9(14)12(10(15)16)7-6-8-12/h5-8H2,1-4H3,(H,15,16). The third kappa shape index (κ3) is 1.81. The maximum Gasteiger partial charge on any atom is 0.319 e. The van der Waals surface area contributed by atoms with Crippen LogP contribution in [-0.2, 0) is 9.59 Å². The van der Waals surface area contributed by atoms with Gasteiger partial charge in [-0.3, -0.25) is 9.59 Å². The topological polar surface area (TPSA) is 57.6 Å². The highest BCUT2D eigenvalue weighted by Crippen LogP contribution is 2.43. The van der Waals surface area contributed by atoms with Gasteiger partial charge < -0.3 is 10.0 Å². The summed E-state index contributed by atoms with van der Waals surface area (Å²) in [6, 6.07) is 0. The summed E-state index contributed by atoms with van der Waals surface area (Å²) < 4.78 is 0. The van der Waals surface area contributed by atoms with Gasteiger partial charge in [0.25, 0.3) is 0 Å². The molecule has 92 valence electrons. The van der Waals surface area contributed by atoms with Crippen LogP contribution in [0.15, 0.2) is 0 Å². The molecule has 0 aliphatic heterocycles. The smallest absolute Gasteiger partial charge is 0.319 e. The van der Waals surface area contributed by atoms with E-state index < -0.39 is 11.4 Å². The van der Waals surface area contributed by atoms with Crippen LogP contribution in [-0.4, -0.2) is 34.5 Å². The van der Waals surface area contributed by atoms with Crippen molar-refractivity contribution in [2.75, 3.05) is 7.05 Å². The van der Waals surface area contributed by atoms with Gasteiger partial charge in [-0.2, -0.15) is 0 Å². The molecule has 1 N–H and O–H groups in total. The first kappa shape index (κ1) is 13.0. The average molecular weight is 227 g/mol. The Kier molecular flexibility index (Phi) is 3.31. The van der Waals surface area contributed by atoms with Crippen LogP contribution in [0.25, 0.3) is 0 Å². The zero-order valence-electron chi connectivity index (χ0n) is 10.5. The lowest BCUT2D eigenvalue weighted by Gasteiger charge is -2.44. The molecule has 1 fully saturated rings. The number of hydrogen-bond acceptors (Lipinski definition) is 2. The molecule has 1 saturated carbocycles. The molecule has 1 rings (SSSR count). The van der Waals surface area contributed by atoms with E-state index in [1.54, 1.807) is 11.9 Å². The van der Waals surface area contributed by atoms with Gasteiger partial charge >= 0.3 is 5.97 Å². The van der Waals surface area contributed by atoms with Crippen LogP contribution in [0.3, 0.4) is 0 Å². The third-order valence-corrected chi connectivity index (χ3v) is 4.10. The fourth-order valence-corrected chi connectivity index (χ4v) is 1.88. The molecule has 0 bridgehead atoms. The van der Waals surface area contributed by atoms with Crippen LogP contribution >= 0.6 is 0 Å². The predicted octanol–water partition coefficient (Wildman–Crippen LogP) is 1.89. The molecule has 4 heteroatoms. The van der Waals surface area contributed by atoms with Crippen molar-refractivity contribution in [3.05, 3.63) is 0 Å². The minimum Gasteiger partial charge on any atom is -0.480 e. The van der Waals surface area contributed by atoms with Crippen molar-refractivity contribution in [3.8, 4) is 0 Å². The maximum atomic E-state index is 12.2. The number of nitrogens with zero attached hydrogens (tertiary/aromatic N) is 1. The number of rotatable bonds is 4. The van der Waals surface area contributed by atoms with Crippen LogP contribution in [0, 0.1) is 5.41 Å². The fraction of sp³-hybridized carbons (Fsp3) is 0.833. The van der Waals surface area contributed by atoms with Gasteiger partial charge in [0.1, 0.15) is 5.41 Å². The minimum absolute atomic E-state index is 0.238. The van der Waals surface area contributed by atoms with Crippen LogP contribution in [0.4, 0.5) is 0 Å². The van der Waals surface area contributed by atoms with E-state index in [-0.39, 0.29) is 11.4 Å². The van der Waals surface area contributed by atoms with Crippen LogP contribution in [0.2, 0.25) is 0 Å². The molecule has 0 aromatic rings. The third-order valence-electron chi connectivity index (χ3n) is 4.10. The second-order valence-electron chi connectivity index (χ2n) is 5.27. The molecule has 4 nitrogen and oxygen atoms in total. The summed E-state index contributed by atoms with van der Waals surface area (Å²) in [5, 5.41) is 9.19. The van der Waals surface area contributed by atoms with E-state index in [0.717, 1.165) is 12.8 Å². The Morgan fingerprint density at radius 3 is 2.12 bits per heavy atom. The largest absolute Gasteiger partial charge is 0.480 e. The van der Waals surface area contributed by atoms with Crippen molar-refractivity contribution >= 4 is 11.9 Å². The summed E-state index contributed by atoms with van der Waals surface area (Å²) >= 11 is 0. The highest BCUT2D eigenvalue weighted by Gasteiger charge is 2.53. The normalized spacial score (nSPS) is 18.8. The van der Waals surface area contributed by atoms with Gasteiger partial charge in [0.05, 0.1) is 0 Å². The number of carbonyl (C=O) groups is 2. The zero-order valence-corrected chi connectivity index (χ0v) is 10.5. The lowest BCUT2D eigenvalue weighted by molar-refractivity contribution is -0.169. The molecule has 0 heterocycles. The number of amides is 1. The minimum atomic E-state index is -1.14. The molecule has 0 aromatic heterocycles. The Morgan fingerprint density at radius 2 is 1.88 bits per heavy atom. The maximum absolute atomic E-state index is 12.2. The van der Waals surface area contributed by atoms with Gasteiger partial charge in [-0.15, -0.1) is 0 Å². The summed E-state index contributed by atoms with van der Waals surface area (Å²) in [7, 11) is 1.70. The molecule has 0 spiro atoms. The lowest BCUT2D eigenvalue weighted by Crippen LogP contribution is -2.56. The van der Waals surface area contributed by atoms with Crippen molar-refractivity contribution in [1.82, 2.24) is 4.90 Å². The van der Waals surface area contributed by atoms with E-state index >= 15 is 0 Å². The Labute approximate surface area is 96.6 Å². The van der Waals surface area contributed by atoms with Gasteiger partial charge in [0.2, 0.25) is 5.91 Å². The molecule has 16 heavy (non-hydrogen) atoms. The van der Waals surface area contributed by atoms with Crippen LogP contribution in [0.1, 0.15) is 46.5 Å². The zero-order chi connectivity index (χ0) is 12.6. The van der Waals surface area contributed by atoms with E-state index in [9.17, 15) is 14.7 Å². The average Bonchev–Trinajstić information content (AvgIpc) is 2.14. The summed E-state index contributed by atoms with van der Waals surface area (Å²) in [5.74, 6) is -1.21. The van der Waals surface area contributed by atoms with Gasteiger partial charge in [-0.1, -0.05) is 13.3 Å². The van der Waals surface area contributed by atoms with Crippen molar-refractivity contribution in [3.63, 3.8) is 0 Å². The van der Waals surface area contributed by atoms with Crippen molar-refractivity contribution in [2.45, 2.75) is 52.0 Å². The number of carboxylic acid groups (broad SMARTS) is 1. The summed E-state index contributed by atoms with van der Waals surface area (Å²) in [4.78, 5) is 25.1. The van der Waals surface area contributed by atoms with Crippen molar-refractivity contribution in [1.29, 1.82) is 0 Å². The summed E-state index contributed by atoms with van der Waals surface area (Å²) in [6.07, 6.45) is 2.60. The SMILES string of the molecule is CCC(C)(C)N(C)C(=O)C1(C(=O)O)CCC1. The van der Waals surface area contributed by atoms with Gasteiger partial charge in [0, 0.05) is 12.6 Å². The molecule has 0 atom stereocenters. The molecular formula is C12H21NO3. The van der Waals surface area contributed by atoms with E-state index in [0.29, 0.717) is 12.8 Å². The molecule has 0 unspecified atom stereocenters. The first-order valence-electron chi connectivity index (χ1n) is 5.79. The van der Waals surface area contributed by atoms with E-state index in [1.165, 1.54) is 0 Å².